The number of benzene rings is 1. The summed E-state index contributed by atoms with van der Waals surface area (Å²) in [5, 5.41) is 0.607. The zero-order chi connectivity index (χ0) is 14.0. The highest BCUT2D eigenvalue weighted by Gasteiger charge is 2.11. The number of rotatable bonds is 4. The number of nitrogens with zero attached hydrogens (tertiary/aromatic N) is 1. The van der Waals surface area contributed by atoms with Crippen molar-refractivity contribution in [3.8, 4) is 0 Å². The molecule has 1 aromatic carbocycles. The van der Waals surface area contributed by atoms with Gasteiger partial charge in [0.25, 0.3) is 0 Å². The first-order valence-electron chi connectivity index (χ1n) is 5.92. The molecule has 0 radical (unpaired) electrons. The van der Waals surface area contributed by atoms with E-state index in [9.17, 15) is 9.59 Å². The highest BCUT2D eigenvalue weighted by Crippen LogP contribution is 2.14. The number of hydrogen-bond acceptors (Lipinski definition) is 2. The molecule has 0 unspecified atom stereocenters. The molecule has 0 fully saturated rings. The largest absolute Gasteiger partial charge is 0.348 e. The highest BCUT2D eigenvalue weighted by molar-refractivity contribution is 6.30. The van der Waals surface area contributed by atoms with Gasteiger partial charge in [0.1, 0.15) is 0 Å². The predicted molar refractivity (Wildman–Crippen MR) is 74.9 cm³/mol. The molecule has 0 saturated heterocycles. The molecule has 1 aromatic heterocycles. The van der Waals surface area contributed by atoms with E-state index < -0.39 is 0 Å². The molecule has 2 aromatic rings. The van der Waals surface area contributed by atoms with Gasteiger partial charge in [-0.15, -0.1) is 0 Å². The fourth-order valence-electron chi connectivity index (χ4n) is 2.00. The van der Waals surface area contributed by atoms with Crippen LogP contribution in [0.5, 0.6) is 0 Å². The predicted octanol–water partition coefficient (Wildman–Crippen LogP) is 3.31. The van der Waals surface area contributed by atoms with Gasteiger partial charge in [-0.3, -0.25) is 9.59 Å². The summed E-state index contributed by atoms with van der Waals surface area (Å²) in [6.45, 7) is 1.51. The summed E-state index contributed by atoms with van der Waals surface area (Å²) in [7, 11) is 1.80. The van der Waals surface area contributed by atoms with Gasteiger partial charge in [0.2, 0.25) is 0 Å². The third kappa shape index (κ3) is 3.12. The molecule has 19 heavy (non-hydrogen) atoms. The maximum absolute atomic E-state index is 12.1. The van der Waals surface area contributed by atoms with Crippen LogP contribution in [0.3, 0.4) is 0 Å². The Balaban J connectivity index is 2.17. The van der Waals surface area contributed by atoms with Gasteiger partial charge >= 0.3 is 0 Å². The molecule has 0 aliphatic rings. The van der Waals surface area contributed by atoms with Crippen LogP contribution in [0.1, 0.15) is 33.3 Å². The van der Waals surface area contributed by atoms with Crippen LogP contribution in [0.2, 0.25) is 5.02 Å². The Morgan fingerprint density at radius 2 is 1.84 bits per heavy atom. The van der Waals surface area contributed by atoms with E-state index in [2.05, 4.69) is 0 Å². The number of aryl methyl sites for hydroxylation is 1. The molecular weight excluding hydrogens is 262 g/mol. The molecule has 0 spiro atoms. The minimum absolute atomic E-state index is 0.00677. The molecule has 0 bridgehead atoms. The van der Waals surface area contributed by atoms with Crippen LogP contribution in [0.15, 0.2) is 36.5 Å². The van der Waals surface area contributed by atoms with E-state index in [1.165, 1.54) is 6.92 Å². The molecule has 2 rings (SSSR count). The van der Waals surface area contributed by atoms with Crippen molar-refractivity contribution in [3.05, 3.63) is 58.4 Å². The van der Waals surface area contributed by atoms with Gasteiger partial charge in [0, 0.05) is 37.2 Å². The van der Waals surface area contributed by atoms with Crippen LogP contribution in [-0.2, 0) is 13.5 Å². The van der Waals surface area contributed by atoms with Crippen molar-refractivity contribution in [1.82, 2.24) is 4.57 Å². The molecule has 0 aliphatic carbocycles. The van der Waals surface area contributed by atoms with Crippen molar-refractivity contribution in [1.29, 1.82) is 0 Å². The molecule has 4 heteroatoms. The van der Waals surface area contributed by atoms with Crippen molar-refractivity contribution < 1.29 is 9.59 Å². The first-order chi connectivity index (χ1) is 8.97. The lowest BCUT2D eigenvalue weighted by atomic mass is 10.0. The van der Waals surface area contributed by atoms with E-state index in [0.717, 1.165) is 5.56 Å². The zero-order valence-corrected chi connectivity index (χ0v) is 11.6. The molecular formula is C15H14ClNO2. The SMILES string of the molecule is CC(=O)c1cc(CC(=O)c2ccc(Cl)cc2)cn1C. The molecule has 1 heterocycles. The fourth-order valence-corrected chi connectivity index (χ4v) is 2.13. The second-order valence-electron chi connectivity index (χ2n) is 4.51. The number of ketones is 2. The molecule has 0 N–H and O–H groups in total. The minimum atomic E-state index is -0.00677. The van der Waals surface area contributed by atoms with Crippen molar-refractivity contribution in [3.63, 3.8) is 0 Å². The van der Waals surface area contributed by atoms with Crippen LogP contribution < -0.4 is 0 Å². The van der Waals surface area contributed by atoms with Crippen molar-refractivity contribution in [2.24, 2.45) is 7.05 Å². The Hall–Kier alpha value is -1.87. The van der Waals surface area contributed by atoms with Crippen LogP contribution in [0, 0.1) is 0 Å². The number of aromatic nitrogens is 1. The number of carbonyl (C=O) groups excluding carboxylic acids is 2. The van der Waals surface area contributed by atoms with E-state index in [1.807, 2.05) is 6.20 Å². The Bertz CT molecular complexity index is 626. The Morgan fingerprint density at radius 3 is 2.37 bits per heavy atom. The molecule has 98 valence electrons. The molecule has 3 nitrogen and oxygen atoms in total. The van der Waals surface area contributed by atoms with E-state index in [-0.39, 0.29) is 18.0 Å². The third-order valence-electron chi connectivity index (χ3n) is 2.95. The van der Waals surface area contributed by atoms with E-state index >= 15 is 0 Å². The zero-order valence-electron chi connectivity index (χ0n) is 10.8. The molecule has 0 aliphatic heterocycles. The van der Waals surface area contributed by atoms with Crippen LogP contribution in [0.4, 0.5) is 0 Å². The van der Waals surface area contributed by atoms with Crippen molar-refractivity contribution in [2.75, 3.05) is 0 Å². The molecule has 0 amide bonds. The van der Waals surface area contributed by atoms with Crippen molar-refractivity contribution in [2.45, 2.75) is 13.3 Å². The van der Waals surface area contributed by atoms with Gasteiger partial charge in [0.15, 0.2) is 11.6 Å². The maximum atomic E-state index is 12.1. The smallest absolute Gasteiger partial charge is 0.176 e. The normalized spacial score (nSPS) is 10.5. The summed E-state index contributed by atoms with van der Waals surface area (Å²) in [5.41, 5.74) is 2.07. The number of Topliss-reactive ketones (excluding diaryl/α,β-unsaturated/α-hetero) is 2. The lowest BCUT2D eigenvalue weighted by Crippen LogP contribution is -2.02. The quantitative estimate of drug-likeness (QED) is 0.803. The average Bonchev–Trinajstić information content (AvgIpc) is 2.71. The lowest BCUT2D eigenvalue weighted by molar-refractivity contribution is 0.0987. The second-order valence-corrected chi connectivity index (χ2v) is 4.94. The van der Waals surface area contributed by atoms with Gasteiger partial charge in [-0.25, -0.2) is 0 Å². The highest BCUT2D eigenvalue weighted by atomic mass is 35.5. The first kappa shape index (κ1) is 13.6. The van der Waals surface area contributed by atoms with Gasteiger partial charge in [0.05, 0.1) is 5.69 Å². The summed E-state index contributed by atoms with van der Waals surface area (Å²) in [6, 6.07) is 8.57. The third-order valence-corrected chi connectivity index (χ3v) is 3.21. The monoisotopic (exact) mass is 275 g/mol. The molecule has 0 atom stereocenters. The van der Waals surface area contributed by atoms with Crippen molar-refractivity contribution >= 4 is 23.2 Å². The van der Waals surface area contributed by atoms with E-state index in [4.69, 9.17) is 11.6 Å². The summed E-state index contributed by atoms with van der Waals surface area (Å²) in [5.74, 6) is 0.00469. The Kier molecular flexibility index (Phi) is 3.86. The number of halogens is 1. The second kappa shape index (κ2) is 5.41. The Morgan fingerprint density at radius 1 is 1.21 bits per heavy atom. The maximum Gasteiger partial charge on any atom is 0.176 e. The number of carbonyl (C=O) groups is 2. The van der Waals surface area contributed by atoms with E-state index in [1.54, 1.807) is 41.9 Å². The number of hydrogen-bond donors (Lipinski definition) is 0. The van der Waals surface area contributed by atoms with Gasteiger partial charge in [-0.1, -0.05) is 11.6 Å². The fraction of sp³-hybridized carbons (Fsp3) is 0.200. The summed E-state index contributed by atoms with van der Waals surface area (Å²) in [6.07, 6.45) is 2.09. The summed E-state index contributed by atoms with van der Waals surface area (Å²) >= 11 is 5.78. The van der Waals surface area contributed by atoms with Gasteiger partial charge < -0.3 is 4.57 Å². The lowest BCUT2D eigenvalue weighted by Gasteiger charge is -1.99. The summed E-state index contributed by atoms with van der Waals surface area (Å²) < 4.78 is 1.74. The van der Waals surface area contributed by atoms with E-state index in [0.29, 0.717) is 16.3 Å². The Labute approximate surface area is 116 Å². The van der Waals surface area contributed by atoms with Gasteiger partial charge in [-0.2, -0.15) is 0 Å². The van der Waals surface area contributed by atoms with Gasteiger partial charge in [-0.05, 0) is 35.9 Å². The standard InChI is InChI=1S/C15H14ClNO2/c1-10(18)14-7-11(9-17(14)2)8-15(19)12-3-5-13(16)6-4-12/h3-7,9H,8H2,1-2H3. The van der Waals surface area contributed by atoms with Crippen LogP contribution in [-0.4, -0.2) is 16.1 Å². The average molecular weight is 276 g/mol. The first-order valence-corrected chi connectivity index (χ1v) is 6.30. The topological polar surface area (TPSA) is 39.1 Å². The summed E-state index contributed by atoms with van der Waals surface area (Å²) in [4.78, 5) is 23.4. The van der Waals surface area contributed by atoms with Crippen LogP contribution >= 0.6 is 11.6 Å². The van der Waals surface area contributed by atoms with Crippen LogP contribution in [0.25, 0.3) is 0 Å². The minimum Gasteiger partial charge on any atom is -0.348 e. The molecule has 0 saturated carbocycles.